The van der Waals surface area contributed by atoms with E-state index in [1.54, 1.807) is 23.9 Å². The highest BCUT2D eigenvalue weighted by atomic mass is 19.4. The van der Waals surface area contributed by atoms with Gasteiger partial charge in [0.15, 0.2) is 0 Å². The lowest BCUT2D eigenvalue weighted by Crippen LogP contribution is -2.50. The minimum Gasteiger partial charge on any atom is -0.377 e. The van der Waals surface area contributed by atoms with E-state index in [9.17, 15) is 18.0 Å². The summed E-state index contributed by atoms with van der Waals surface area (Å²) in [5.74, 6) is 0.352. The van der Waals surface area contributed by atoms with E-state index in [2.05, 4.69) is 4.98 Å². The van der Waals surface area contributed by atoms with Crippen molar-refractivity contribution in [3.8, 4) is 0 Å². The molecule has 2 heterocycles. The molecule has 0 spiro atoms. The molecular formula is C15H22F3N3O3. The number of amides is 1. The van der Waals surface area contributed by atoms with Crippen molar-refractivity contribution in [1.82, 2.24) is 14.5 Å². The normalized spacial score (nSPS) is 20.2. The van der Waals surface area contributed by atoms with E-state index in [4.69, 9.17) is 9.47 Å². The minimum atomic E-state index is -4.24. The predicted octanol–water partition coefficient (Wildman–Crippen LogP) is 2.07. The van der Waals surface area contributed by atoms with Gasteiger partial charge in [0.2, 0.25) is 5.91 Å². The van der Waals surface area contributed by atoms with Crippen LogP contribution in [-0.4, -0.2) is 58.9 Å². The average Bonchev–Trinajstić information content (AvgIpc) is 2.96. The van der Waals surface area contributed by atoms with E-state index in [1.165, 1.54) is 4.90 Å². The SMILES string of the molecule is CC(OCC(=O)N1CCOCC1CCC(F)(F)F)c1nccn1C. The van der Waals surface area contributed by atoms with Crippen LogP contribution in [0.5, 0.6) is 0 Å². The Bertz CT molecular complexity index is 548. The van der Waals surface area contributed by atoms with Gasteiger partial charge in [0.25, 0.3) is 0 Å². The highest BCUT2D eigenvalue weighted by molar-refractivity contribution is 5.78. The van der Waals surface area contributed by atoms with Crippen LogP contribution in [0, 0.1) is 0 Å². The summed E-state index contributed by atoms with van der Waals surface area (Å²) >= 11 is 0. The second-order valence-corrected chi connectivity index (χ2v) is 5.82. The standard InChI is InChI=1S/C15H22F3N3O3/c1-11(14-19-5-6-20(14)2)24-10-13(22)21-7-8-23-9-12(21)3-4-15(16,17)18/h5-6,11-12H,3-4,7-10H2,1-2H3. The van der Waals surface area contributed by atoms with Crippen LogP contribution < -0.4 is 0 Å². The van der Waals surface area contributed by atoms with E-state index < -0.39 is 18.6 Å². The Morgan fingerprint density at radius 1 is 1.54 bits per heavy atom. The molecule has 6 nitrogen and oxygen atoms in total. The quantitative estimate of drug-likeness (QED) is 0.789. The van der Waals surface area contributed by atoms with E-state index in [-0.39, 0.29) is 38.2 Å². The van der Waals surface area contributed by atoms with Gasteiger partial charge in [0.1, 0.15) is 18.5 Å². The molecular weight excluding hydrogens is 327 g/mol. The van der Waals surface area contributed by atoms with Crippen LogP contribution in [0.3, 0.4) is 0 Å². The van der Waals surface area contributed by atoms with Crippen molar-refractivity contribution in [2.24, 2.45) is 7.05 Å². The molecule has 1 aromatic rings. The zero-order valence-corrected chi connectivity index (χ0v) is 13.8. The summed E-state index contributed by atoms with van der Waals surface area (Å²) in [4.78, 5) is 17.9. The first-order valence-corrected chi connectivity index (χ1v) is 7.80. The van der Waals surface area contributed by atoms with Crippen LogP contribution in [0.25, 0.3) is 0 Å². The Morgan fingerprint density at radius 2 is 2.29 bits per heavy atom. The third-order valence-electron chi connectivity index (χ3n) is 3.99. The predicted molar refractivity (Wildman–Crippen MR) is 79.2 cm³/mol. The van der Waals surface area contributed by atoms with E-state index in [1.807, 2.05) is 7.05 Å². The second kappa shape index (κ2) is 7.98. The number of alkyl halides is 3. The molecule has 0 N–H and O–H groups in total. The van der Waals surface area contributed by atoms with Crippen LogP contribution in [0.15, 0.2) is 12.4 Å². The maximum atomic E-state index is 12.4. The summed E-state index contributed by atoms with van der Waals surface area (Å²) in [6.07, 6.45) is -2.32. The van der Waals surface area contributed by atoms with Crippen LogP contribution in [0.2, 0.25) is 0 Å². The molecule has 0 aromatic carbocycles. The van der Waals surface area contributed by atoms with Crippen molar-refractivity contribution < 1.29 is 27.4 Å². The molecule has 2 atom stereocenters. The summed E-state index contributed by atoms with van der Waals surface area (Å²) in [6.45, 7) is 2.30. The molecule has 2 rings (SSSR count). The van der Waals surface area contributed by atoms with Crippen molar-refractivity contribution in [3.05, 3.63) is 18.2 Å². The number of hydrogen-bond acceptors (Lipinski definition) is 4. The van der Waals surface area contributed by atoms with E-state index >= 15 is 0 Å². The first-order valence-electron chi connectivity index (χ1n) is 7.80. The summed E-state index contributed by atoms with van der Waals surface area (Å²) in [5.41, 5.74) is 0. The molecule has 0 aliphatic carbocycles. The van der Waals surface area contributed by atoms with Gasteiger partial charge >= 0.3 is 6.18 Å². The molecule has 24 heavy (non-hydrogen) atoms. The van der Waals surface area contributed by atoms with Crippen LogP contribution in [0.4, 0.5) is 13.2 Å². The number of rotatable bonds is 6. The highest BCUT2D eigenvalue weighted by Gasteiger charge is 2.33. The Balaban J connectivity index is 1.88. The number of carbonyl (C=O) groups excluding carboxylic acids is 1. The summed E-state index contributed by atoms with van der Waals surface area (Å²) in [5, 5.41) is 0. The fraction of sp³-hybridized carbons (Fsp3) is 0.733. The van der Waals surface area contributed by atoms with Gasteiger partial charge in [-0.15, -0.1) is 0 Å². The van der Waals surface area contributed by atoms with Crippen molar-refractivity contribution in [1.29, 1.82) is 0 Å². The van der Waals surface area contributed by atoms with Crippen LogP contribution in [-0.2, 0) is 21.3 Å². The van der Waals surface area contributed by atoms with Gasteiger partial charge in [-0.05, 0) is 13.3 Å². The van der Waals surface area contributed by atoms with Gasteiger partial charge in [-0.25, -0.2) is 4.98 Å². The molecule has 1 amide bonds. The van der Waals surface area contributed by atoms with Crippen LogP contribution >= 0.6 is 0 Å². The zero-order valence-electron chi connectivity index (χ0n) is 13.8. The number of nitrogens with zero attached hydrogens (tertiary/aromatic N) is 3. The molecule has 1 fully saturated rings. The maximum Gasteiger partial charge on any atom is 0.389 e. The zero-order chi connectivity index (χ0) is 17.7. The molecule has 2 unspecified atom stereocenters. The monoisotopic (exact) mass is 349 g/mol. The largest absolute Gasteiger partial charge is 0.389 e. The average molecular weight is 349 g/mol. The third-order valence-corrected chi connectivity index (χ3v) is 3.99. The summed E-state index contributed by atoms with van der Waals surface area (Å²) in [6, 6.07) is -0.569. The minimum absolute atomic E-state index is 0.122. The lowest BCUT2D eigenvalue weighted by Gasteiger charge is -2.36. The number of aryl methyl sites for hydroxylation is 1. The number of carbonyl (C=O) groups is 1. The Labute approximate surface area is 138 Å². The Hall–Kier alpha value is -1.61. The number of morpholine rings is 1. The molecule has 9 heteroatoms. The first kappa shape index (κ1) is 18.7. The number of imidazole rings is 1. The van der Waals surface area contributed by atoms with Gasteiger partial charge < -0.3 is 18.9 Å². The Morgan fingerprint density at radius 3 is 2.92 bits per heavy atom. The van der Waals surface area contributed by atoms with Gasteiger partial charge in [0.05, 0.1) is 19.3 Å². The molecule has 0 bridgehead atoms. The topological polar surface area (TPSA) is 56.6 Å². The molecule has 1 aliphatic heterocycles. The van der Waals surface area contributed by atoms with Gasteiger partial charge in [0, 0.05) is 32.4 Å². The molecule has 136 valence electrons. The van der Waals surface area contributed by atoms with Crippen molar-refractivity contribution >= 4 is 5.91 Å². The fourth-order valence-corrected chi connectivity index (χ4v) is 2.68. The second-order valence-electron chi connectivity index (χ2n) is 5.82. The Kier molecular flexibility index (Phi) is 6.22. The summed E-state index contributed by atoms with van der Waals surface area (Å²) < 4.78 is 49.8. The first-order chi connectivity index (χ1) is 11.3. The lowest BCUT2D eigenvalue weighted by atomic mass is 10.1. The molecule has 1 saturated heterocycles. The van der Waals surface area contributed by atoms with Crippen molar-refractivity contribution in [3.63, 3.8) is 0 Å². The third kappa shape index (κ3) is 5.20. The smallest absolute Gasteiger partial charge is 0.377 e. The molecule has 0 saturated carbocycles. The highest BCUT2D eigenvalue weighted by Crippen LogP contribution is 2.25. The van der Waals surface area contributed by atoms with Gasteiger partial charge in [-0.3, -0.25) is 4.79 Å². The number of hydrogen-bond donors (Lipinski definition) is 0. The fourth-order valence-electron chi connectivity index (χ4n) is 2.68. The number of halogens is 3. The van der Waals surface area contributed by atoms with E-state index in [0.29, 0.717) is 12.4 Å². The van der Waals surface area contributed by atoms with E-state index in [0.717, 1.165) is 0 Å². The van der Waals surface area contributed by atoms with Crippen molar-refractivity contribution in [2.45, 2.75) is 38.1 Å². The van der Waals surface area contributed by atoms with Crippen molar-refractivity contribution in [2.75, 3.05) is 26.4 Å². The van der Waals surface area contributed by atoms with Crippen LogP contribution in [0.1, 0.15) is 31.7 Å². The number of aromatic nitrogens is 2. The maximum absolute atomic E-state index is 12.4. The molecule has 1 aromatic heterocycles. The van der Waals surface area contributed by atoms with Gasteiger partial charge in [-0.2, -0.15) is 13.2 Å². The lowest BCUT2D eigenvalue weighted by molar-refractivity contribution is -0.155. The molecule has 0 radical (unpaired) electrons. The van der Waals surface area contributed by atoms with Gasteiger partial charge in [-0.1, -0.05) is 0 Å². The number of ether oxygens (including phenoxy) is 2. The molecule has 1 aliphatic rings. The summed E-state index contributed by atoms with van der Waals surface area (Å²) in [7, 11) is 1.82.